The summed E-state index contributed by atoms with van der Waals surface area (Å²) in [6, 6.07) is 18.6. The first kappa shape index (κ1) is 33.9. The molecule has 11 nitrogen and oxygen atoms in total. The Labute approximate surface area is 268 Å². The van der Waals surface area contributed by atoms with Crippen LogP contribution in [0.2, 0.25) is 5.02 Å². The van der Waals surface area contributed by atoms with Crippen LogP contribution in [0.4, 0.5) is 5.69 Å². The van der Waals surface area contributed by atoms with Crippen molar-refractivity contribution in [1.29, 1.82) is 0 Å². The van der Waals surface area contributed by atoms with Crippen molar-refractivity contribution in [2.75, 3.05) is 24.6 Å². The van der Waals surface area contributed by atoms with Crippen molar-refractivity contribution in [2.45, 2.75) is 51.5 Å². The second-order valence-corrected chi connectivity index (χ2v) is 11.3. The maximum atomic E-state index is 12.6. The maximum absolute atomic E-state index is 12.6. The number of unbranched alkanes of at least 4 members (excludes halogenated alkanes) is 1. The van der Waals surface area contributed by atoms with E-state index in [-0.39, 0.29) is 23.7 Å². The van der Waals surface area contributed by atoms with Crippen LogP contribution < -0.4 is 37.2 Å². The molecular weight excluding hydrogens is 595 g/mol. The Morgan fingerprint density at radius 2 is 1.84 bits per heavy atom. The normalized spacial score (nSPS) is 16.6. The number of aliphatic imine (C=N–C) groups is 1. The largest absolute Gasteiger partial charge is 0.494 e. The summed E-state index contributed by atoms with van der Waals surface area (Å²) in [7, 11) is -1.64. The van der Waals surface area contributed by atoms with Crippen molar-refractivity contribution in [2.24, 2.45) is 16.5 Å². The van der Waals surface area contributed by atoms with Gasteiger partial charge in [-0.05, 0) is 74.6 Å². The Hall–Kier alpha value is -3.94. The van der Waals surface area contributed by atoms with Gasteiger partial charge in [0.05, 0.1) is 30.9 Å². The Bertz CT molecular complexity index is 1500. The van der Waals surface area contributed by atoms with E-state index in [1.807, 2.05) is 49.1 Å². The van der Waals surface area contributed by atoms with Crippen LogP contribution in [0.1, 0.15) is 54.6 Å². The first-order valence-corrected chi connectivity index (χ1v) is 15.4. The third kappa shape index (κ3) is 8.83. The van der Waals surface area contributed by atoms with Crippen LogP contribution in [0.5, 0.6) is 5.75 Å². The number of ether oxygens (including phenoxy) is 1. The fourth-order valence-electron chi connectivity index (χ4n) is 5.19. The molecule has 2 unspecified atom stereocenters. The number of carbonyl (C=O) groups is 2. The maximum Gasteiger partial charge on any atom is 0.488 e. The molecule has 3 atom stereocenters. The molecule has 45 heavy (non-hydrogen) atoms. The smallest absolute Gasteiger partial charge is 0.488 e. The van der Waals surface area contributed by atoms with E-state index in [1.165, 1.54) is 6.07 Å². The van der Waals surface area contributed by atoms with E-state index in [9.17, 15) is 19.6 Å². The Balaban J connectivity index is 1.49. The van der Waals surface area contributed by atoms with Gasteiger partial charge in [-0.3, -0.25) is 14.6 Å². The highest BCUT2D eigenvalue weighted by Gasteiger charge is 2.34. The Morgan fingerprint density at radius 3 is 2.53 bits per heavy atom. The summed E-state index contributed by atoms with van der Waals surface area (Å²) in [5, 5.41) is 24.9. The van der Waals surface area contributed by atoms with Crippen LogP contribution in [0.3, 0.4) is 0 Å². The van der Waals surface area contributed by atoms with Gasteiger partial charge >= 0.3 is 7.12 Å². The molecule has 0 spiro atoms. The third-order valence-electron chi connectivity index (χ3n) is 7.41. The number of benzodiazepines with no additional fused rings is 1. The van der Waals surface area contributed by atoms with Crippen molar-refractivity contribution in [3.63, 3.8) is 0 Å². The minimum absolute atomic E-state index is 0.0953. The molecule has 0 radical (unpaired) electrons. The lowest BCUT2D eigenvalue weighted by Crippen LogP contribution is -2.56. The average molecular weight is 635 g/mol. The van der Waals surface area contributed by atoms with Crippen LogP contribution in [0.25, 0.3) is 0 Å². The van der Waals surface area contributed by atoms with E-state index in [4.69, 9.17) is 32.8 Å². The molecule has 1 aliphatic heterocycles. The molecule has 2 amide bonds. The highest BCUT2D eigenvalue weighted by molar-refractivity contribution is 6.58. The Kier molecular flexibility index (Phi) is 12.0. The van der Waals surface area contributed by atoms with Crippen molar-refractivity contribution in [1.82, 2.24) is 10.6 Å². The van der Waals surface area contributed by atoms with Gasteiger partial charge in [-0.2, -0.15) is 0 Å². The molecule has 0 fully saturated rings. The minimum atomic E-state index is -1.64. The van der Waals surface area contributed by atoms with Gasteiger partial charge in [0.25, 0.3) is 5.91 Å². The first-order valence-electron chi connectivity index (χ1n) is 15.0. The lowest BCUT2D eigenvalue weighted by molar-refractivity contribution is -0.121. The zero-order valence-corrected chi connectivity index (χ0v) is 26.2. The molecule has 0 aromatic heterocycles. The fourth-order valence-corrected chi connectivity index (χ4v) is 5.32. The number of carbonyl (C=O) groups excluding carboxylic acids is 2. The number of rotatable bonds is 13. The first-order chi connectivity index (χ1) is 21.6. The molecule has 0 aliphatic carbocycles. The van der Waals surface area contributed by atoms with Gasteiger partial charge in [-0.15, -0.1) is 0 Å². The van der Waals surface area contributed by atoms with Gasteiger partial charge in [-0.1, -0.05) is 35.9 Å². The number of hydrogen-bond acceptors (Lipinski definition) is 9. The van der Waals surface area contributed by atoms with Crippen LogP contribution in [0, 0.1) is 0 Å². The molecule has 0 saturated carbocycles. The number of nitrogens with two attached hydrogens (primary N) is 2. The summed E-state index contributed by atoms with van der Waals surface area (Å²) < 4.78 is 6.11. The zero-order valence-electron chi connectivity index (χ0n) is 25.4. The number of anilines is 1. The standard InChI is InChI=1S/C32H40BClN6O5/c1-3-37-29(41)19-27-31(36)40(20(2)35)28-14-13-25(18-26(28)30(39-27)21-9-11-24(34)12-10-21)45-16-5-4-15-38-32(42)22-7-6-8-23(17-22)33(43)44/h6-14,17-18,20,27,31,43-44H,3-5,15-16,19,35-36H2,1-2H3,(H,37,41)(H,38,42)/t20?,27-,31?/m0/s1. The molecule has 1 heterocycles. The Morgan fingerprint density at radius 1 is 1.09 bits per heavy atom. The van der Waals surface area contributed by atoms with Crippen LogP contribution in [-0.4, -0.2) is 72.8 Å². The predicted molar refractivity (Wildman–Crippen MR) is 178 cm³/mol. The molecule has 3 aromatic rings. The summed E-state index contributed by atoms with van der Waals surface area (Å²) in [6.07, 6.45) is 0.322. The number of amides is 2. The van der Waals surface area contributed by atoms with Gasteiger partial charge < -0.3 is 41.8 Å². The molecule has 0 bridgehead atoms. The molecular formula is C32H40BClN6O5. The van der Waals surface area contributed by atoms with Crippen molar-refractivity contribution in [3.05, 3.63) is 88.4 Å². The van der Waals surface area contributed by atoms with Crippen molar-refractivity contribution < 1.29 is 24.4 Å². The summed E-state index contributed by atoms with van der Waals surface area (Å²) in [6.45, 7) is 5.05. The third-order valence-corrected chi connectivity index (χ3v) is 7.66. The lowest BCUT2D eigenvalue weighted by atomic mass is 9.79. The van der Waals surface area contributed by atoms with Gasteiger partial charge in [-0.25, -0.2) is 0 Å². The van der Waals surface area contributed by atoms with Crippen molar-refractivity contribution >= 4 is 47.4 Å². The zero-order chi connectivity index (χ0) is 32.5. The van der Waals surface area contributed by atoms with E-state index >= 15 is 0 Å². The second kappa shape index (κ2) is 15.9. The number of fused-ring (bicyclic) bond motifs is 1. The fraction of sp³-hybridized carbons (Fsp3) is 0.344. The van der Waals surface area contributed by atoms with E-state index in [1.54, 1.807) is 30.3 Å². The number of nitrogens with one attached hydrogen (secondary N) is 2. The predicted octanol–water partition coefficient (Wildman–Crippen LogP) is 1.75. The van der Waals surface area contributed by atoms with Crippen molar-refractivity contribution in [3.8, 4) is 5.75 Å². The van der Waals surface area contributed by atoms with Gasteiger partial charge in [0.15, 0.2) is 0 Å². The average Bonchev–Trinajstić information content (AvgIpc) is 3.13. The molecule has 8 N–H and O–H groups in total. The number of benzene rings is 3. The molecule has 13 heteroatoms. The van der Waals surface area contributed by atoms with Crippen LogP contribution in [0.15, 0.2) is 71.7 Å². The van der Waals surface area contributed by atoms with Gasteiger partial charge in [0.2, 0.25) is 5.91 Å². The number of hydrogen-bond donors (Lipinski definition) is 6. The highest BCUT2D eigenvalue weighted by Crippen LogP contribution is 2.34. The monoisotopic (exact) mass is 634 g/mol. The number of halogens is 1. The number of nitrogens with zero attached hydrogens (tertiary/aromatic N) is 2. The van der Waals surface area contributed by atoms with Gasteiger partial charge in [0.1, 0.15) is 11.9 Å². The summed E-state index contributed by atoms with van der Waals surface area (Å²) in [4.78, 5) is 32.0. The van der Waals surface area contributed by atoms with Crippen LogP contribution in [-0.2, 0) is 4.79 Å². The molecule has 1 aliphatic rings. The van der Waals surface area contributed by atoms with E-state index in [0.29, 0.717) is 54.6 Å². The second-order valence-electron chi connectivity index (χ2n) is 10.8. The minimum Gasteiger partial charge on any atom is -0.494 e. The van der Waals surface area contributed by atoms with Crippen LogP contribution >= 0.6 is 11.6 Å². The molecule has 4 rings (SSSR count). The summed E-state index contributed by atoms with van der Waals surface area (Å²) >= 11 is 6.19. The quantitative estimate of drug-likeness (QED) is 0.122. The topological polar surface area (TPSA) is 176 Å². The molecule has 238 valence electrons. The van der Waals surface area contributed by atoms with E-state index in [0.717, 1.165) is 16.8 Å². The van der Waals surface area contributed by atoms with Gasteiger partial charge in [0, 0.05) is 40.5 Å². The van der Waals surface area contributed by atoms with E-state index < -0.39 is 25.5 Å². The lowest BCUT2D eigenvalue weighted by Gasteiger charge is -2.36. The summed E-state index contributed by atoms with van der Waals surface area (Å²) in [5.41, 5.74) is 16.8. The van der Waals surface area contributed by atoms with E-state index in [2.05, 4.69) is 10.6 Å². The SMILES string of the molecule is CCNC(=O)C[C@@H]1N=C(c2ccc(Cl)cc2)c2cc(OCCCCNC(=O)c3cccc(B(O)O)c3)ccc2N(C(C)N)C1N. The highest BCUT2D eigenvalue weighted by atomic mass is 35.5. The summed E-state index contributed by atoms with van der Waals surface area (Å²) in [5.74, 6) is 0.185. The molecule has 3 aromatic carbocycles. The molecule has 0 saturated heterocycles.